The van der Waals surface area contributed by atoms with Crippen LogP contribution in [0.25, 0.3) is 0 Å². The summed E-state index contributed by atoms with van der Waals surface area (Å²) >= 11 is 0. The van der Waals surface area contributed by atoms with Gasteiger partial charge in [0.2, 0.25) is 5.91 Å². The molecule has 110 valence electrons. The minimum absolute atomic E-state index is 0.0238. The Morgan fingerprint density at radius 3 is 2.50 bits per heavy atom. The first-order chi connectivity index (χ1) is 9.58. The van der Waals surface area contributed by atoms with E-state index in [9.17, 15) is 9.59 Å². The SMILES string of the molecule is CC(C)C1CC(=O)Nc2c1c(=O)[nH]n2C1CCCCC1. The number of hydrogen-bond acceptors (Lipinski definition) is 2. The van der Waals surface area contributed by atoms with Crippen LogP contribution >= 0.6 is 0 Å². The maximum atomic E-state index is 12.3. The van der Waals surface area contributed by atoms with Gasteiger partial charge in [0.25, 0.3) is 5.56 Å². The van der Waals surface area contributed by atoms with Crippen LogP contribution in [0.3, 0.4) is 0 Å². The third kappa shape index (κ3) is 2.19. The first-order valence-corrected chi connectivity index (χ1v) is 7.72. The molecule has 2 heterocycles. The van der Waals surface area contributed by atoms with E-state index >= 15 is 0 Å². The average molecular weight is 277 g/mol. The van der Waals surface area contributed by atoms with E-state index < -0.39 is 0 Å². The molecule has 0 radical (unpaired) electrons. The largest absolute Gasteiger partial charge is 0.311 e. The Labute approximate surface area is 118 Å². The summed E-state index contributed by atoms with van der Waals surface area (Å²) in [6.45, 7) is 4.15. The molecule has 1 aromatic heterocycles. The van der Waals surface area contributed by atoms with Crippen LogP contribution in [0.1, 0.15) is 69.9 Å². The molecule has 1 fully saturated rings. The first-order valence-electron chi connectivity index (χ1n) is 7.72. The van der Waals surface area contributed by atoms with E-state index in [2.05, 4.69) is 24.3 Å². The minimum Gasteiger partial charge on any atom is -0.311 e. The van der Waals surface area contributed by atoms with Crippen LogP contribution in [-0.4, -0.2) is 15.7 Å². The minimum atomic E-state index is -0.0238. The fourth-order valence-corrected chi connectivity index (χ4v) is 3.60. The van der Waals surface area contributed by atoms with Crippen LogP contribution in [0.15, 0.2) is 4.79 Å². The lowest BCUT2D eigenvalue weighted by molar-refractivity contribution is -0.117. The van der Waals surface area contributed by atoms with E-state index in [1.807, 2.05) is 4.68 Å². The molecule has 0 saturated heterocycles. The molecule has 1 aliphatic carbocycles. The molecule has 5 heteroatoms. The van der Waals surface area contributed by atoms with Gasteiger partial charge in [-0.3, -0.25) is 19.4 Å². The standard InChI is InChI=1S/C15H23N3O2/c1-9(2)11-8-12(19)16-14-13(11)15(20)17-18(14)10-6-4-3-5-7-10/h9-11H,3-8H2,1-2H3,(H,16,19)(H,17,20). The second-order valence-electron chi connectivity index (χ2n) is 6.47. The molecule has 0 aromatic carbocycles. The highest BCUT2D eigenvalue weighted by Crippen LogP contribution is 2.38. The van der Waals surface area contributed by atoms with Crippen LogP contribution in [0.2, 0.25) is 0 Å². The maximum Gasteiger partial charge on any atom is 0.269 e. The molecule has 0 bridgehead atoms. The zero-order chi connectivity index (χ0) is 14.3. The van der Waals surface area contributed by atoms with Crippen LogP contribution in [-0.2, 0) is 4.79 Å². The number of H-pyrrole nitrogens is 1. The van der Waals surface area contributed by atoms with Gasteiger partial charge in [-0.15, -0.1) is 0 Å². The average Bonchev–Trinajstić information content (AvgIpc) is 2.76. The van der Waals surface area contributed by atoms with Gasteiger partial charge >= 0.3 is 0 Å². The van der Waals surface area contributed by atoms with Crippen LogP contribution in [0.4, 0.5) is 5.82 Å². The fraction of sp³-hybridized carbons (Fsp3) is 0.733. The molecule has 2 aliphatic rings. The number of amides is 1. The van der Waals surface area contributed by atoms with Gasteiger partial charge in [-0.25, -0.2) is 0 Å². The second-order valence-corrected chi connectivity index (χ2v) is 6.47. The Morgan fingerprint density at radius 1 is 1.15 bits per heavy atom. The number of anilines is 1. The van der Waals surface area contributed by atoms with Crippen molar-refractivity contribution in [2.24, 2.45) is 5.92 Å². The van der Waals surface area contributed by atoms with Crippen molar-refractivity contribution < 1.29 is 4.79 Å². The molecule has 1 unspecified atom stereocenters. The predicted molar refractivity (Wildman–Crippen MR) is 78.0 cm³/mol. The Morgan fingerprint density at radius 2 is 1.85 bits per heavy atom. The number of fused-ring (bicyclic) bond motifs is 1. The van der Waals surface area contributed by atoms with Crippen molar-refractivity contribution in [2.45, 2.75) is 64.3 Å². The summed E-state index contributed by atoms with van der Waals surface area (Å²) in [6.07, 6.45) is 6.24. The monoisotopic (exact) mass is 277 g/mol. The van der Waals surface area contributed by atoms with Crippen molar-refractivity contribution in [3.05, 3.63) is 15.9 Å². The van der Waals surface area contributed by atoms with Crippen LogP contribution < -0.4 is 10.9 Å². The molecule has 1 aromatic rings. The summed E-state index contributed by atoms with van der Waals surface area (Å²) in [4.78, 5) is 24.3. The fourth-order valence-electron chi connectivity index (χ4n) is 3.60. The Hall–Kier alpha value is -1.52. The highest BCUT2D eigenvalue weighted by atomic mass is 16.2. The summed E-state index contributed by atoms with van der Waals surface area (Å²) in [5.74, 6) is 1.09. The van der Waals surface area contributed by atoms with Crippen molar-refractivity contribution >= 4 is 11.7 Å². The van der Waals surface area contributed by atoms with Gasteiger partial charge in [-0.05, 0) is 18.8 Å². The highest BCUT2D eigenvalue weighted by molar-refractivity contribution is 5.93. The van der Waals surface area contributed by atoms with Gasteiger partial charge in [0.05, 0.1) is 11.6 Å². The molecule has 1 saturated carbocycles. The van der Waals surface area contributed by atoms with Gasteiger partial charge in [0.15, 0.2) is 0 Å². The summed E-state index contributed by atoms with van der Waals surface area (Å²) < 4.78 is 1.93. The summed E-state index contributed by atoms with van der Waals surface area (Å²) in [5, 5.41) is 5.90. The smallest absolute Gasteiger partial charge is 0.269 e. The number of carbonyl (C=O) groups is 1. The maximum absolute atomic E-state index is 12.3. The third-order valence-corrected chi connectivity index (χ3v) is 4.74. The summed E-state index contributed by atoms with van der Waals surface area (Å²) in [5.41, 5.74) is 0.759. The number of aromatic amines is 1. The normalized spacial score (nSPS) is 23.8. The Kier molecular flexibility index (Phi) is 3.44. The number of rotatable bonds is 2. The highest BCUT2D eigenvalue weighted by Gasteiger charge is 2.34. The van der Waals surface area contributed by atoms with Crippen molar-refractivity contribution in [1.29, 1.82) is 0 Å². The van der Waals surface area contributed by atoms with E-state index in [0.29, 0.717) is 18.4 Å². The van der Waals surface area contributed by atoms with E-state index in [4.69, 9.17) is 0 Å². The second kappa shape index (κ2) is 5.11. The molecular formula is C15H23N3O2. The third-order valence-electron chi connectivity index (χ3n) is 4.74. The first kappa shape index (κ1) is 13.5. The van der Waals surface area contributed by atoms with Crippen LogP contribution in [0, 0.1) is 5.92 Å². The van der Waals surface area contributed by atoms with Crippen molar-refractivity contribution in [3.63, 3.8) is 0 Å². The van der Waals surface area contributed by atoms with Crippen LogP contribution in [0.5, 0.6) is 0 Å². The molecular weight excluding hydrogens is 254 g/mol. The molecule has 1 aliphatic heterocycles. The summed E-state index contributed by atoms with van der Waals surface area (Å²) in [7, 11) is 0. The Balaban J connectivity index is 2.04. The van der Waals surface area contributed by atoms with Crippen molar-refractivity contribution in [1.82, 2.24) is 9.78 Å². The van der Waals surface area contributed by atoms with Gasteiger partial charge in [0.1, 0.15) is 5.82 Å². The number of hydrogen-bond donors (Lipinski definition) is 2. The molecule has 1 atom stereocenters. The molecule has 0 spiro atoms. The molecule has 20 heavy (non-hydrogen) atoms. The van der Waals surface area contributed by atoms with Crippen molar-refractivity contribution in [3.8, 4) is 0 Å². The van der Waals surface area contributed by atoms with E-state index in [0.717, 1.165) is 24.2 Å². The van der Waals surface area contributed by atoms with Gasteiger partial charge in [-0.1, -0.05) is 33.1 Å². The Bertz CT molecular complexity index is 564. The summed E-state index contributed by atoms with van der Waals surface area (Å²) in [6, 6.07) is 0.325. The lowest BCUT2D eigenvalue weighted by atomic mass is 9.84. The number of aromatic nitrogens is 2. The lowest BCUT2D eigenvalue weighted by Gasteiger charge is -2.29. The molecule has 2 N–H and O–H groups in total. The van der Waals surface area contributed by atoms with E-state index in [1.54, 1.807) is 0 Å². The quantitative estimate of drug-likeness (QED) is 0.873. The topological polar surface area (TPSA) is 66.9 Å². The molecule has 5 nitrogen and oxygen atoms in total. The van der Waals surface area contributed by atoms with Gasteiger partial charge in [-0.2, -0.15) is 0 Å². The zero-order valence-corrected chi connectivity index (χ0v) is 12.2. The predicted octanol–water partition coefficient (Wildman–Crippen LogP) is 2.76. The van der Waals surface area contributed by atoms with Crippen molar-refractivity contribution in [2.75, 3.05) is 5.32 Å². The zero-order valence-electron chi connectivity index (χ0n) is 12.2. The van der Waals surface area contributed by atoms with E-state index in [1.165, 1.54) is 19.3 Å². The van der Waals surface area contributed by atoms with Gasteiger partial charge < -0.3 is 5.32 Å². The number of nitrogens with zero attached hydrogens (tertiary/aromatic N) is 1. The molecule has 3 rings (SSSR count). The number of nitrogens with one attached hydrogen (secondary N) is 2. The molecule has 1 amide bonds. The lowest BCUT2D eigenvalue weighted by Crippen LogP contribution is -2.29. The number of carbonyl (C=O) groups excluding carboxylic acids is 1. The van der Waals surface area contributed by atoms with Gasteiger partial charge in [0, 0.05) is 12.3 Å². The van der Waals surface area contributed by atoms with E-state index in [-0.39, 0.29) is 17.4 Å².